The van der Waals surface area contributed by atoms with Crippen LogP contribution in [0.25, 0.3) is 0 Å². The Hall–Kier alpha value is -1.37. The number of aryl methyl sites for hydroxylation is 1. The van der Waals surface area contributed by atoms with Gasteiger partial charge in [0.05, 0.1) is 12.4 Å². The van der Waals surface area contributed by atoms with Gasteiger partial charge in [-0.05, 0) is 6.92 Å². The Kier molecular flexibility index (Phi) is 4.97. The average Bonchev–Trinajstić information content (AvgIpc) is 2.61. The van der Waals surface area contributed by atoms with E-state index in [1.54, 1.807) is 18.7 Å². The van der Waals surface area contributed by atoms with Gasteiger partial charge < -0.3 is 4.74 Å². The number of ether oxygens (including phenoxy) is 1. The molecule has 0 atom stereocenters. The summed E-state index contributed by atoms with van der Waals surface area (Å²) in [6.45, 7) is 2.00. The second-order valence-electron chi connectivity index (χ2n) is 2.98. The van der Waals surface area contributed by atoms with Crippen LogP contribution in [0.15, 0.2) is 11.5 Å². The molecule has 1 rings (SSSR count). The van der Waals surface area contributed by atoms with Gasteiger partial charge in [0, 0.05) is 7.05 Å². The lowest BCUT2D eigenvalue weighted by atomic mass is 10.3. The number of aromatic nitrogens is 3. The van der Waals surface area contributed by atoms with E-state index in [0.29, 0.717) is 11.8 Å². The van der Waals surface area contributed by atoms with Crippen LogP contribution in [-0.2, 0) is 21.4 Å². The highest BCUT2D eigenvalue weighted by atomic mass is 32.2. The van der Waals surface area contributed by atoms with Crippen molar-refractivity contribution in [2.75, 3.05) is 12.4 Å². The molecule has 0 saturated heterocycles. The van der Waals surface area contributed by atoms with Gasteiger partial charge in [-0.15, -0.1) is 0 Å². The molecule has 7 heteroatoms. The highest BCUT2D eigenvalue weighted by Crippen LogP contribution is 2.13. The number of hydrogen-bond acceptors (Lipinski definition) is 6. The van der Waals surface area contributed by atoms with Crippen LogP contribution in [0.3, 0.4) is 0 Å². The second kappa shape index (κ2) is 6.26. The molecule has 0 amide bonds. The maximum atomic E-state index is 11.4. The first-order valence-corrected chi connectivity index (χ1v) is 5.76. The molecule has 1 heterocycles. The zero-order valence-corrected chi connectivity index (χ0v) is 9.99. The van der Waals surface area contributed by atoms with Crippen LogP contribution in [0.5, 0.6) is 0 Å². The van der Waals surface area contributed by atoms with Crippen LogP contribution >= 0.6 is 11.8 Å². The summed E-state index contributed by atoms with van der Waals surface area (Å²) in [5.41, 5.74) is 0. The number of carbonyl (C=O) groups excluding carboxylic acids is 2. The molecular formula is C9H13N3O3S. The van der Waals surface area contributed by atoms with E-state index >= 15 is 0 Å². The van der Waals surface area contributed by atoms with Crippen molar-refractivity contribution in [2.24, 2.45) is 7.05 Å². The molecule has 0 aliphatic rings. The molecule has 0 radical (unpaired) electrons. The first-order valence-electron chi connectivity index (χ1n) is 4.77. The number of Topliss-reactive ketones (excluding diaryl/α,β-unsaturated/α-hetero) is 1. The minimum Gasteiger partial charge on any atom is -0.466 e. The fourth-order valence-electron chi connectivity index (χ4n) is 0.985. The van der Waals surface area contributed by atoms with Crippen molar-refractivity contribution in [3.05, 3.63) is 6.33 Å². The normalized spacial score (nSPS) is 10.1. The van der Waals surface area contributed by atoms with Crippen LogP contribution in [0, 0.1) is 0 Å². The van der Waals surface area contributed by atoms with E-state index in [-0.39, 0.29) is 18.0 Å². The minimum absolute atomic E-state index is 0.175. The SMILES string of the molecule is CCOC(=O)CC(=O)CSc1ncnn1C. The van der Waals surface area contributed by atoms with E-state index in [0.717, 1.165) is 0 Å². The summed E-state index contributed by atoms with van der Waals surface area (Å²) in [5, 5.41) is 4.52. The summed E-state index contributed by atoms with van der Waals surface area (Å²) >= 11 is 1.25. The fraction of sp³-hybridized carbons (Fsp3) is 0.556. The summed E-state index contributed by atoms with van der Waals surface area (Å²) in [7, 11) is 1.74. The molecule has 6 nitrogen and oxygen atoms in total. The first kappa shape index (κ1) is 12.7. The quantitative estimate of drug-likeness (QED) is 0.410. The van der Waals surface area contributed by atoms with Crippen molar-refractivity contribution in [1.29, 1.82) is 0 Å². The Balaban J connectivity index is 2.31. The Morgan fingerprint density at radius 2 is 2.31 bits per heavy atom. The van der Waals surface area contributed by atoms with Crippen molar-refractivity contribution in [1.82, 2.24) is 14.8 Å². The number of hydrogen-bond donors (Lipinski definition) is 0. The molecular weight excluding hydrogens is 230 g/mol. The van der Waals surface area contributed by atoms with Crippen LogP contribution < -0.4 is 0 Å². The molecule has 0 aliphatic heterocycles. The Bertz CT molecular complexity index is 378. The van der Waals surface area contributed by atoms with Crippen molar-refractivity contribution in [3.8, 4) is 0 Å². The van der Waals surface area contributed by atoms with Crippen LogP contribution in [0.2, 0.25) is 0 Å². The van der Waals surface area contributed by atoms with E-state index < -0.39 is 5.97 Å². The first-order chi connectivity index (χ1) is 7.63. The molecule has 0 aromatic carbocycles. The molecule has 0 unspecified atom stereocenters. The van der Waals surface area contributed by atoms with Crippen LogP contribution in [0.4, 0.5) is 0 Å². The number of thioether (sulfide) groups is 1. The van der Waals surface area contributed by atoms with E-state index in [4.69, 9.17) is 0 Å². The van der Waals surface area contributed by atoms with Crippen molar-refractivity contribution >= 4 is 23.5 Å². The van der Waals surface area contributed by atoms with Crippen LogP contribution in [-0.4, -0.2) is 38.9 Å². The van der Waals surface area contributed by atoms with E-state index in [1.165, 1.54) is 18.1 Å². The largest absolute Gasteiger partial charge is 0.466 e. The lowest BCUT2D eigenvalue weighted by Crippen LogP contribution is -2.13. The predicted molar refractivity (Wildman–Crippen MR) is 58.0 cm³/mol. The predicted octanol–water partition coefficient (Wildman–Crippen LogP) is 0.429. The third kappa shape index (κ3) is 4.01. The minimum atomic E-state index is -0.480. The molecule has 0 spiro atoms. The molecule has 0 saturated carbocycles. The maximum absolute atomic E-state index is 11.4. The average molecular weight is 243 g/mol. The topological polar surface area (TPSA) is 74.1 Å². The van der Waals surface area contributed by atoms with Gasteiger partial charge in [0.2, 0.25) is 0 Å². The highest BCUT2D eigenvalue weighted by Gasteiger charge is 2.12. The Labute approximate surface area is 97.4 Å². The summed E-state index contributed by atoms with van der Waals surface area (Å²) in [6, 6.07) is 0. The van der Waals surface area contributed by atoms with Gasteiger partial charge in [-0.1, -0.05) is 11.8 Å². The fourth-order valence-corrected chi connectivity index (χ4v) is 1.73. The number of nitrogens with zero attached hydrogens (tertiary/aromatic N) is 3. The van der Waals surface area contributed by atoms with Crippen LogP contribution in [0.1, 0.15) is 13.3 Å². The van der Waals surface area contributed by atoms with Crippen molar-refractivity contribution in [3.63, 3.8) is 0 Å². The zero-order chi connectivity index (χ0) is 12.0. The van der Waals surface area contributed by atoms with Gasteiger partial charge in [-0.2, -0.15) is 5.10 Å². The molecule has 1 aromatic rings. The summed E-state index contributed by atoms with van der Waals surface area (Å²) < 4.78 is 6.24. The molecule has 88 valence electrons. The van der Waals surface area contributed by atoms with Gasteiger partial charge in [0.15, 0.2) is 10.9 Å². The molecule has 0 N–H and O–H groups in total. The lowest BCUT2D eigenvalue weighted by Gasteiger charge is -2.01. The van der Waals surface area contributed by atoms with Crippen molar-refractivity contribution in [2.45, 2.75) is 18.5 Å². The smallest absolute Gasteiger partial charge is 0.313 e. The van der Waals surface area contributed by atoms with Gasteiger partial charge in [0.1, 0.15) is 12.7 Å². The Morgan fingerprint density at radius 1 is 1.56 bits per heavy atom. The van der Waals surface area contributed by atoms with Gasteiger partial charge in [-0.3, -0.25) is 9.59 Å². The third-order valence-electron chi connectivity index (χ3n) is 1.68. The molecule has 1 aromatic heterocycles. The number of ketones is 1. The van der Waals surface area contributed by atoms with E-state index in [2.05, 4.69) is 14.8 Å². The lowest BCUT2D eigenvalue weighted by molar-refractivity contribution is -0.145. The summed E-state index contributed by atoms with van der Waals surface area (Å²) in [6.07, 6.45) is 1.23. The number of rotatable bonds is 6. The van der Waals surface area contributed by atoms with Gasteiger partial charge in [-0.25, -0.2) is 9.67 Å². The monoisotopic (exact) mass is 243 g/mol. The number of carbonyl (C=O) groups is 2. The van der Waals surface area contributed by atoms with Crippen molar-refractivity contribution < 1.29 is 14.3 Å². The maximum Gasteiger partial charge on any atom is 0.313 e. The molecule has 0 aliphatic carbocycles. The van der Waals surface area contributed by atoms with Gasteiger partial charge >= 0.3 is 5.97 Å². The third-order valence-corrected chi connectivity index (χ3v) is 2.77. The van der Waals surface area contributed by atoms with E-state index in [9.17, 15) is 9.59 Å². The summed E-state index contributed by atoms with van der Waals surface area (Å²) in [5.74, 6) is -0.455. The highest BCUT2D eigenvalue weighted by molar-refractivity contribution is 7.99. The van der Waals surface area contributed by atoms with E-state index in [1.807, 2.05) is 0 Å². The summed E-state index contributed by atoms with van der Waals surface area (Å²) in [4.78, 5) is 26.3. The number of esters is 1. The zero-order valence-electron chi connectivity index (χ0n) is 9.17. The molecule has 0 bridgehead atoms. The Morgan fingerprint density at radius 3 is 2.88 bits per heavy atom. The molecule has 16 heavy (non-hydrogen) atoms. The molecule has 0 fully saturated rings. The standard InChI is InChI=1S/C9H13N3O3S/c1-3-15-8(14)4-7(13)5-16-9-10-6-11-12(9)2/h6H,3-5H2,1-2H3. The second-order valence-corrected chi connectivity index (χ2v) is 3.92. The van der Waals surface area contributed by atoms with Gasteiger partial charge in [0.25, 0.3) is 0 Å².